The Morgan fingerprint density at radius 1 is 1.31 bits per heavy atom. The second-order valence-corrected chi connectivity index (χ2v) is 9.83. The topological polar surface area (TPSA) is 102 Å². The Bertz CT molecular complexity index is 1170. The molecule has 2 aliphatic heterocycles. The lowest BCUT2D eigenvalue weighted by molar-refractivity contribution is -0.164. The number of nitrogens with one attached hydrogen (secondary N) is 1. The Kier molecular flexibility index (Phi) is 8.97. The minimum absolute atomic E-state index is 0.178. The van der Waals surface area contributed by atoms with E-state index in [2.05, 4.69) is 15.2 Å². The molecule has 0 aliphatic carbocycles. The first-order valence-corrected chi connectivity index (χ1v) is 13.1. The third-order valence-corrected chi connectivity index (χ3v) is 6.97. The molecule has 2 aromatic rings. The summed E-state index contributed by atoms with van der Waals surface area (Å²) >= 11 is 14.1. The zero-order chi connectivity index (χ0) is 25.7. The Balaban J connectivity index is 1.78. The lowest BCUT2D eigenvalue weighted by atomic mass is 9.95. The van der Waals surface area contributed by atoms with Gasteiger partial charge in [0.15, 0.2) is 16.9 Å². The van der Waals surface area contributed by atoms with Gasteiger partial charge in [-0.05, 0) is 26.0 Å². The quantitative estimate of drug-likeness (QED) is 0.495. The van der Waals surface area contributed by atoms with Crippen molar-refractivity contribution in [2.24, 2.45) is 4.99 Å². The molecule has 12 heteroatoms. The summed E-state index contributed by atoms with van der Waals surface area (Å²) in [7, 11) is 0. The molecular formula is C24H26Cl2N4O5S. The highest BCUT2D eigenvalue weighted by molar-refractivity contribution is 7.11. The zero-order valence-corrected chi connectivity index (χ0v) is 22.2. The molecule has 1 aromatic heterocycles. The first kappa shape index (κ1) is 26.6. The highest BCUT2D eigenvalue weighted by atomic mass is 35.5. The average Bonchev–Trinajstić information content (AvgIpc) is 3.39. The highest BCUT2D eigenvalue weighted by Crippen LogP contribution is 2.37. The summed E-state index contributed by atoms with van der Waals surface area (Å²) < 4.78 is 16.0. The van der Waals surface area contributed by atoms with Crippen molar-refractivity contribution in [2.45, 2.75) is 26.0 Å². The average molecular weight is 553 g/mol. The predicted octanol–water partition coefficient (Wildman–Crippen LogP) is 3.62. The van der Waals surface area contributed by atoms with Crippen LogP contribution >= 0.6 is 34.5 Å². The Morgan fingerprint density at radius 2 is 2.08 bits per heavy atom. The molecule has 36 heavy (non-hydrogen) atoms. The molecular weight excluding hydrogens is 527 g/mol. The molecule has 1 saturated heterocycles. The molecule has 0 amide bonds. The van der Waals surface area contributed by atoms with Gasteiger partial charge in [-0.1, -0.05) is 29.3 Å². The van der Waals surface area contributed by atoms with Gasteiger partial charge in [0, 0.05) is 52.5 Å². The molecule has 1 aromatic carbocycles. The fourth-order valence-corrected chi connectivity index (χ4v) is 4.97. The van der Waals surface area contributed by atoms with Crippen molar-refractivity contribution in [2.75, 3.05) is 39.5 Å². The van der Waals surface area contributed by atoms with Crippen molar-refractivity contribution in [3.63, 3.8) is 0 Å². The van der Waals surface area contributed by atoms with Crippen LogP contribution in [-0.2, 0) is 23.8 Å². The SMILES string of the molecule is CCOC(=O)[C@@H](C)OC(=O)C1=C(CN2CCOCC2)NC(c2nccs2)=NC1c1ccc(Cl)cc1Cl. The van der Waals surface area contributed by atoms with E-state index < -0.39 is 24.1 Å². The van der Waals surface area contributed by atoms with Gasteiger partial charge in [-0.2, -0.15) is 0 Å². The van der Waals surface area contributed by atoms with E-state index in [1.807, 2.05) is 5.38 Å². The maximum atomic E-state index is 13.6. The van der Waals surface area contributed by atoms with Crippen LogP contribution < -0.4 is 5.32 Å². The molecule has 0 spiro atoms. The molecule has 1 unspecified atom stereocenters. The van der Waals surface area contributed by atoms with E-state index in [-0.39, 0.29) is 12.2 Å². The van der Waals surface area contributed by atoms with Crippen molar-refractivity contribution in [3.05, 3.63) is 61.7 Å². The number of aliphatic imine (C=N–C) groups is 1. The Labute approximate surface area is 223 Å². The van der Waals surface area contributed by atoms with Crippen LogP contribution in [0.4, 0.5) is 0 Å². The number of hydrogen-bond acceptors (Lipinski definition) is 10. The third kappa shape index (κ3) is 6.24. The van der Waals surface area contributed by atoms with Gasteiger partial charge < -0.3 is 19.5 Å². The summed E-state index contributed by atoms with van der Waals surface area (Å²) in [5, 5.41) is 6.62. The van der Waals surface area contributed by atoms with Crippen molar-refractivity contribution in [1.29, 1.82) is 0 Å². The maximum Gasteiger partial charge on any atom is 0.347 e. The third-order valence-electron chi connectivity index (χ3n) is 5.63. The van der Waals surface area contributed by atoms with Crippen molar-refractivity contribution in [1.82, 2.24) is 15.2 Å². The number of nitrogens with zero attached hydrogens (tertiary/aromatic N) is 3. The standard InChI is InChI=1S/C24H26Cl2N4O5S/c1-3-34-23(31)14(2)35-24(32)19-18(13-30-7-9-33-10-8-30)28-21(22-27-6-11-36-22)29-20(19)16-5-4-15(25)12-17(16)26/h4-6,11-12,14,20H,3,7-10,13H2,1-2H3,(H,28,29)/t14-,20?/m1/s1. The molecule has 2 aliphatic rings. The normalized spacial score (nSPS) is 19.3. The number of rotatable bonds is 8. The second kappa shape index (κ2) is 12.2. The van der Waals surface area contributed by atoms with Gasteiger partial charge in [0.05, 0.1) is 25.4 Å². The number of amidine groups is 1. The summed E-state index contributed by atoms with van der Waals surface area (Å²) in [4.78, 5) is 37.2. The molecule has 0 radical (unpaired) electrons. The van der Waals surface area contributed by atoms with Gasteiger partial charge in [-0.25, -0.2) is 14.6 Å². The summed E-state index contributed by atoms with van der Waals surface area (Å²) in [6.07, 6.45) is 0.588. The molecule has 0 bridgehead atoms. The minimum atomic E-state index is -1.10. The van der Waals surface area contributed by atoms with Crippen LogP contribution in [0.25, 0.3) is 0 Å². The predicted molar refractivity (Wildman–Crippen MR) is 137 cm³/mol. The summed E-state index contributed by atoms with van der Waals surface area (Å²) in [5.41, 5.74) is 1.42. The number of thiazole rings is 1. The van der Waals surface area contributed by atoms with Crippen LogP contribution in [0.15, 0.2) is 46.0 Å². The molecule has 2 atom stereocenters. The van der Waals surface area contributed by atoms with E-state index in [4.69, 9.17) is 42.4 Å². The van der Waals surface area contributed by atoms with Gasteiger partial charge in [0.1, 0.15) is 6.04 Å². The molecule has 1 fully saturated rings. The minimum Gasteiger partial charge on any atom is -0.463 e. The van der Waals surface area contributed by atoms with Crippen molar-refractivity contribution >= 4 is 52.3 Å². The number of aromatic nitrogens is 1. The Morgan fingerprint density at radius 3 is 2.75 bits per heavy atom. The fourth-order valence-electron chi connectivity index (χ4n) is 3.87. The number of esters is 2. The lowest BCUT2D eigenvalue weighted by Crippen LogP contribution is -2.43. The summed E-state index contributed by atoms with van der Waals surface area (Å²) in [6, 6.07) is 4.21. The maximum absolute atomic E-state index is 13.6. The number of carbonyl (C=O) groups excluding carboxylic acids is 2. The van der Waals surface area contributed by atoms with E-state index in [9.17, 15) is 9.59 Å². The Hall–Kier alpha value is -2.50. The molecule has 3 heterocycles. The van der Waals surface area contributed by atoms with E-state index in [1.54, 1.807) is 31.3 Å². The number of carbonyl (C=O) groups is 2. The fraction of sp³-hybridized carbons (Fsp3) is 0.417. The summed E-state index contributed by atoms with van der Waals surface area (Å²) in [5.74, 6) is -0.804. The van der Waals surface area contributed by atoms with Crippen molar-refractivity contribution < 1.29 is 23.8 Å². The largest absolute Gasteiger partial charge is 0.463 e. The van der Waals surface area contributed by atoms with Crippen LogP contribution in [-0.4, -0.2) is 73.2 Å². The van der Waals surface area contributed by atoms with Crippen molar-refractivity contribution in [3.8, 4) is 0 Å². The molecule has 1 N–H and O–H groups in total. The monoisotopic (exact) mass is 552 g/mol. The van der Waals surface area contributed by atoms with Crippen LogP contribution in [0.5, 0.6) is 0 Å². The second-order valence-electron chi connectivity index (χ2n) is 8.09. The van der Waals surface area contributed by atoms with Gasteiger partial charge in [0.25, 0.3) is 0 Å². The molecule has 192 valence electrons. The number of morpholine rings is 1. The number of ether oxygens (including phenoxy) is 3. The van der Waals surface area contributed by atoms with E-state index in [1.165, 1.54) is 18.3 Å². The molecule has 4 rings (SSSR count). The zero-order valence-electron chi connectivity index (χ0n) is 19.8. The van der Waals surface area contributed by atoms with E-state index in [0.717, 1.165) is 0 Å². The van der Waals surface area contributed by atoms with E-state index >= 15 is 0 Å². The summed E-state index contributed by atoms with van der Waals surface area (Å²) in [6.45, 7) is 6.33. The highest BCUT2D eigenvalue weighted by Gasteiger charge is 2.36. The smallest absolute Gasteiger partial charge is 0.347 e. The number of benzene rings is 1. The van der Waals surface area contributed by atoms with Gasteiger partial charge in [0.2, 0.25) is 0 Å². The number of halogens is 2. The van der Waals surface area contributed by atoms with Crippen LogP contribution in [0, 0.1) is 0 Å². The number of hydrogen-bond donors (Lipinski definition) is 1. The first-order valence-electron chi connectivity index (χ1n) is 11.5. The van der Waals surface area contributed by atoms with Crippen LogP contribution in [0.1, 0.15) is 30.5 Å². The lowest BCUT2D eigenvalue weighted by Gasteiger charge is -2.32. The van der Waals surface area contributed by atoms with Gasteiger partial charge in [-0.3, -0.25) is 9.89 Å². The first-order chi connectivity index (χ1) is 17.4. The van der Waals surface area contributed by atoms with Crippen LogP contribution in [0.3, 0.4) is 0 Å². The molecule has 0 saturated carbocycles. The van der Waals surface area contributed by atoms with Gasteiger partial charge >= 0.3 is 11.9 Å². The van der Waals surface area contributed by atoms with Gasteiger partial charge in [-0.15, -0.1) is 11.3 Å². The molecule has 9 nitrogen and oxygen atoms in total. The van der Waals surface area contributed by atoms with E-state index in [0.29, 0.717) is 65.0 Å². The van der Waals surface area contributed by atoms with Crippen LogP contribution in [0.2, 0.25) is 10.0 Å².